The lowest BCUT2D eigenvalue weighted by Crippen LogP contribution is -2.25. The van der Waals surface area contributed by atoms with E-state index in [0.29, 0.717) is 36.2 Å². The molecule has 2 aromatic rings. The molecule has 0 radical (unpaired) electrons. The molecular weight excluding hydrogens is 500 g/mol. The number of hydrogen-bond donors (Lipinski definition) is 0. The number of ketones is 2. The van der Waals surface area contributed by atoms with Gasteiger partial charge in [0.1, 0.15) is 0 Å². The second-order valence-electron chi connectivity index (χ2n) is 9.42. The van der Waals surface area contributed by atoms with Crippen molar-refractivity contribution in [2.75, 3.05) is 27.4 Å². The van der Waals surface area contributed by atoms with E-state index in [1.807, 2.05) is 12.1 Å². The summed E-state index contributed by atoms with van der Waals surface area (Å²) in [6, 6.07) is 10.8. The van der Waals surface area contributed by atoms with Crippen LogP contribution >= 0.6 is 0 Å². The maximum Gasteiger partial charge on any atom is 0.200 e. The van der Waals surface area contributed by atoms with E-state index in [2.05, 4.69) is 0 Å². The molecule has 8 heteroatoms. The molecule has 8 nitrogen and oxygen atoms in total. The zero-order valence-electron chi connectivity index (χ0n) is 22.6. The Balaban J connectivity index is 1.29. The van der Waals surface area contributed by atoms with Gasteiger partial charge in [0.15, 0.2) is 47.1 Å². The highest BCUT2D eigenvalue weighted by molar-refractivity contribution is 6.10. The predicted molar refractivity (Wildman–Crippen MR) is 147 cm³/mol. The third-order valence-electron chi connectivity index (χ3n) is 6.44. The molecule has 4 rings (SSSR count). The second kappa shape index (κ2) is 14.5. The van der Waals surface area contributed by atoms with E-state index in [0.717, 1.165) is 49.7 Å². The second-order valence-corrected chi connectivity index (χ2v) is 9.42. The lowest BCUT2D eigenvalue weighted by Gasteiger charge is -2.24. The van der Waals surface area contributed by atoms with Crippen molar-refractivity contribution < 1.29 is 38.0 Å². The molecule has 2 fully saturated rings. The van der Waals surface area contributed by atoms with E-state index in [9.17, 15) is 9.59 Å². The number of rotatable bonds is 12. The fourth-order valence-corrected chi connectivity index (χ4v) is 4.33. The van der Waals surface area contributed by atoms with Crippen LogP contribution in [0.25, 0.3) is 12.2 Å². The molecule has 0 N–H and O–H groups in total. The monoisotopic (exact) mass is 536 g/mol. The van der Waals surface area contributed by atoms with Gasteiger partial charge in [0.05, 0.1) is 33.9 Å². The maximum absolute atomic E-state index is 12.4. The largest absolute Gasteiger partial charge is 0.493 e. The highest BCUT2D eigenvalue weighted by Crippen LogP contribution is 2.32. The predicted octanol–water partition coefficient (Wildman–Crippen LogP) is 5.77. The van der Waals surface area contributed by atoms with Crippen molar-refractivity contribution in [2.45, 2.75) is 57.5 Å². The Labute approximate surface area is 229 Å². The normalized spacial score (nSPS) is 19.6. The Morgan fingerprint density at radius 2 is 1.18 bits per heavy atom. The summed E-state index contributed by atoms with van der Waals surface area (Å²) in [6.45, 7) is 1.38. The average Bonchev–Trinajstić information content (AvgIpc) is 2.97. The van der Waals surface area contributed by atoms with Gasteiger partial charge >= 0.3 is 0 Å². The quantitative estimate of drug-likeness (QED) is 0.250. The average molecular weight is 537 g/mol. The van der Waals surface area contributed by atoms with Gasteiger partial charge in [-0.05, 0) is 73.2 Å². The van der Waals surface area contributed by atoms with Gasteiger partial charge in [-0.3, -0.25) is 9.59 Å². The molecule has 0 aliphatic carbocycles. The summed E-state index contributed by atoms with van der Waals surface area (Å²) >= 11 is 0. The number of carbonyl (C=O) groups is 2. The van der Waals surface area contributed by atoms with Gasteiger partial charge < -0.3 is 28.4 Å². The molecule has 2 atom stereocenters. The lowest BCUT2D eigenvalue weighted by atomic mass is 10.1. The summed E-state index contributed by atoms with van der Waals surface area (Å²) in [5.41, 5.74) is 1.52. The minimum absolute atomic E-state index is 0.234. The first-order chi connectivity index (χ1) is 19.0. The van der Waals surface area contributed by atoms with Crippen molar-refractivity contribution >= 4 is 23.7 Å². The molecule has 208 valence electrons. The minimum atomic E-state index is -0.298. The summed E-state index contributed by atoms with van der Waals surface area (Å²) in [5, 5.41) is 0. The minimum Gasteiger partial charge on any atom is -0.493 e. The van der Waals surface area contributed by atoms with Gasteiger partial charge in [0.25, 0.3) is 0 Å². The fourth-order valence-electron chi connectivity index (χ4n) is 4.33. The molecule has 0 bridgehead atoms. The molecule has 2 saturated heterocycles. The molecule has 0 spiro atoms. The summed E-state index contributed by atoms with van der Waals surface area (Å²) in [7, 11) is 3.13. The topological polar surface area (TPSA) is 89.5 Å². The Kier molecular flexibility index (Phi) is 10.6. The van der Waals surface area contributed by atoms with Gasteiger partial charge in [-0.1, -0.05) is 24.3 Å². The smallest absolute Gasteiger partial charge is 0.200 e. The summed E-state index contributed by atoms with van der Waals surface area (Å²) in [6.07, 6.45) is 11.2. The highest BCUT2D eigenvalue weighted by Gasteiger charge is 2.18. The van der Waals surface area contributed by atoms with Crippen molar-refractivity contribution in [3.63, 3.8) is 0 Å². The SMILES string of the molecule is COc1cc(C=CC(=O)CC(=O)C=Cc2ccc(OC3CCCCO3)c(OC)c2)ccc1OC1CCCCO1. The summed E-state index contributed by atoms with van der Waals surface area (Å²) < 4.78 is 34.0. The van der Waals surface area contributed by atoms with E-state index >= 15 is 0 Å². The van der Waals surface area contributed by atoms with Crippen LogP contribution in [0.1, 0.15) is 56.1 Å². The number of carbonyl (C=O) groups excluding carboxylic acids is 2. The molecule has 2 heterocycles. The van der Waals surface area contributed by atoms with Crippen LogP contribution in [0.2, 0.25) is 0 Å². The van der Waals surface area contributed by atoms with Gasteiger partial charge in [-0.2, -0.15) is 0 Å². The van der Waals surface area contributed by atoms with E-state index in [4.69, 9.17) is 28.4 Å². The third-order valence-corrected chi connectivity index (χ3v) is 6.44. The van der Waals surface area contributed by atoms with Crippen LogP contribution < -0.4 is 18.9 Å². The Hall–Kier alpha value is -3.62. The van der Waals surface area contributed by atoms with Gasteiger partial charge in [-0.25, -0.2) is 0 Å². The number of hydrogen-bond acceptors (Lipinski definition) is 8. The van der Waals surface area contributed by atoms with E-state index in [1.54, 1.807) is 50.6 Å². The third kappa shape index (κ3) is 8.70. The van der Waals surface area contributed by atoms with Crippen LogP contribution in [0.15, 0.2) is 48.6 Å². The first kappa shape index (κ1) is 28.4. The Morgan fingerprint density at radius 3 is 1.56 bits per heavy atom. The molecular formula is C31H36O8. The van der Waals surface area contributed by atoms with Crippen LogP contribution in [0.5, 0.6) is 23.0 Å². The van der Waals surface area contributed by atoms with E-state index in [-0.39, 0.29) is 30.6 Å². The van der Waals surface area contributed by atoms with Gasteiger partial charge in [0, 0.05) is 12.8 Å². The zero-order chi connectivity index (χ0) is 27.5. The summed E-state index contributed by atoms with van der Waals surface area (Å²) in [4.78, 5) is 24.8. The van der Waals surface area contributed by atoms with E-state index < -0.39 is 0 Å². The molecule has 0 aromatic heterocycles. The molecule has 2 aliphatic heterocycles. The van der Waals surface area contributed by atoms with Crippen LogP contribution in [0, 0.1) is 0 Å². The molecule has 39 heavy (non-hydrogen) atoms. The number of benzene rings is 2. The first-order valence-electron chi connectivity index (χ1n) is 13.4. The van der Waals surface area contributed by atoms with Crippen LogP contribution in [0.3, 0.4) is 0 Å². The zero-order valence-corrected chi connectivity index (χ0v) is 22.6. The van der Waals surface area contributed by atoms with Crippen LogP contribution in [-0.4, -0.2) is 51.6 Å². The van der Waals surface area contributed by atoms with Crippen molar-refractivity contribution in [1.29, 1.82) is 0 Å². The Bertz CT molecular complexity index is 1080. The van der Waals surface area contributed by atoms with Gasteiger partial charge in [-0.15, -0.1) is 0 Å². The highest BCUT2D eigenvalue weighted by atomic mass is 16.7. The van der Waals surface area contributed by atoms with E-state index in [1.165, 1.54) is 12.2 Å². The molecule has 0 saturated carbocycles. The standard InChI is InChI=1S/C31H36O8/c1-34-28-19-22(11-15-26(28)38-30-7-3-5-17-36-30)9-13-24(32)21-25(33)14-10-23-12-16-27(29(20-23)35-2)39-31-8-4-6-18-37-31/h9-16,19-20,30-31H,3-8,17-18,21H2,1-2H3. The van der Waals surface area contributed by atoms with Gasteiger partial charge in [0.2, 0.25) is 0 Å². The number of allylic oxidation sites excluding steroid dienone is 2. The molecule has 2 aromatic carbocycles. The molecule has 2 unspecified atom stereocenters. The maximum atomic E-state index is 12.4. The van der Waals surface area contributed by atoms with Crippen molar-refractivity contribution in [3.8, 4) is 23.0 Å². The van der Waals surface area contributed by atoms with Crippen LogP contribution in [-0.2, 0) is 19.1 Å². The Morgan fingerprint density at radius 1 is 0.718 bits per heavy atom. The van der Waals surface area contributed by atoms with Crippen molar-refractivity contribution in [3.05, 3.63) is 59.7 Å². The lowest BCUT2D eigenvalue weighted by molar-refractivity contribution is -0.121. The fraction of sp³-hybridized carbons (Fsp3) is 0.419. The number of ether oxygens (including phenoxy) is 6. The van der Waals surface area contributed by atoms with Crippen molar-refractivity contribution in [2.24, 2.45) is 0 Å². The summed E-state index contributed by atoms with van der Waals surface area (Å²) in [5.74, 6) is 1.69. The van der Waals surface area contributed by atoms with Crippen molar-refractivity contribution in [1.82, 2.24) is 0 Å². The first-order valence-corrected chi connectivity index (χ1v) is 13.4. The molecule has 2 aliphatic rings. The molecule has 0 amide bonds. The number of methoxy groups -OCH3 is 2. The van der Waals surface area contributed by atoms with Crippen LogP contribution in [0.4, 0.5) is 0 Å².